The van der Waals surface area contributed by atoms with E-state index in [4.69, 9.17) is 10.5 Å². The fourth-order valence-corrected chi connectivity index (χ4v) is 1.58. The van der Waals surface area contributed by atoms with Crippen LogP contribution in [-0.2, 0) is 11.3 Å². The van der Waals surface area contributed by atoms with Crippen LogP contribution in [0.2, 0.25) is 0 Å². The summed E-state index contributed by atoms with van der Waals surface area (Å²) in [5, 5.41) is 0. The smallest absolute Gasteiger partial charge is 0.328 e. The average molecular weight is 211 g/mol. The van der Waals surface area contributed by atoms with E-state index in [1.165, 1.54) is 0 Å². The van der Waals surface area contributed by atoms with Crippen LogP contribution in [0.5, 0.6) is 0 Å². The Morgan fingerprint density at radius 3 is 2.87 bits per heavy atom. The van der Waals surface area contributed by atoms with E-state index in [1.807, 2.05) is 17.0 Å². The van der Waals surface area contributed by atoms with Crippen molar-refractivity contribution in [3.8, 4) is 0 Å². The first kappa shape index (κ1) is 10.4. The van der Waals surface area contributed by atoms with Crippen molar-refractivity contribution in [3.05, 3.63) is 22.9 Å². The van der Waals surface area contributed by atoms with E-state index in [9.17, 15) is 4.79 Å². The Morgan fingerprint density at radius 1 is 1.40 bits per heavy atom. The third-order valence-electron chi connectivity index (χ3n) is 2.55. The number of hydrogen-bond acceptors (Lipinski definition) is 3. The van der Waals surface area contributed by atoms with Gasteiger partial charge in [-0.1, -0.05) is 0 Å². The predicted octanol–water partition coefficient (Wildman–Crippen LogP) is -0.0400. The molecule has 84 valence electrons. The zero-order valence-electron chi connectivity index (χ0n) is 8.76. The Labute approximate surface area is 88.4 Å². The van der Waals surface area contributed by atoms with Gasteiger partial charge in [0, 0.05) is 25.0 Å². The molecule has 0 amide bonds. The first-order valence-corrected chi connectivity index (χ1v) is 5.38. The van der Waals surface area contributed by atoms with Crippen LogP contribution in [0.3, 0.4) is 0 Å². The van der Waals surface area contributed by atoms with E-state index in [0.717, 1.165) is 12.8 Å². The molecular formula is C10H17N3O2. The van der Waals surface area contributed by atoms with Crippen LogP contribution >= 0.6 is 0 Å². The van der Waals surface area contributed by atoms with Gasteiger partial charge < -0.3 is 10.5 Å². The molecule has 0 radical (unpaired) electrons. The van der Waals surface area contributed by atoms with Crippen LogP contribution in [-0.4, -0.2) is 28.9 Å². The largest absolute Gasteiger partial charge is 0.378 e. The van der Waals surface area contributed by atoms with E-state index < -0.39 is 0 Å². The van der Waals surface area contributed by atoms with Gasteiger partial charge in [-0.2, -0.15) is 0 Å². The molecule has 0 aromatic carbocycles. The van der Waals surface area contributed by atoms with Gasteiger partial charge in [0.05, 0.1) is 19.8 Å². The van der Waals surface area contributed by atoms with Gasteiger partial charge in [0.15, 0.2) is 0 Å². The molecule has 1 saturated carbocycles. The van der Waals surface area contributed by atoms with Crippen molar-refractivity contribution in [2.45, 2.75) is 25.4 Å². The second kappa shape index (κ2) is 4.63. The molecule has 1 fully saturated rings. The Morgan fingerprint density at radius 2 is 2.20 bits per heavy atom. The van der Waals surface area contributed by atoms with Gasteiger partial charge in [-0.3, -0.25) is 9.13 Å². The Balaban J connectivity index is 1.88. The molecule has 0 unspecified atom stereocenters. The normalized spacial score (nSPS) is 15.8. The van der Waals surface area contributed by atoms with Gasteiger partial charge in [-0.25, -0.2) is 4.79 Å². The third-order valence-corrected chi connectivity index (χ3v) is 2.55. The molecule has 5 heteroatoms. The van der Waals surface area contributed by atoms with Gasteiger partial charge in [0.25, 0.3) is 0 Å². The number of imidazole rings is 1. The lowest BCUT2D eigenvalue weighted by Gasteiger charge is -2.02. The van der Waals surface area contributed by atoms with E-state index in [1.54, 1.807) is 4.57 Å². The Kier molecular flexibility index (Phi) is 3.23. The number of hydrogen-bond donors (Lipinski definition) is 1. The molecule has 0 saturated heterocycles. The molecule has 0 bridgehead atoms. The van der Waals surface area contributed by atoms with Gasteiger partial charge in [-0.15, -0.1) is 0 Å². The molecule has 1 aromatic rings. The number of aromatic nitrogens is 2. The Hall–Kier alpha value is -1.07. The second-order valence-electron chi connectivity index (χ2n) is 3.81. The molecule has 1 aliphatic rings. The maximum atomic E-state index is 11.8. The van der Waals surface area contributed by atoms with E-state index in [-0.39, 0.29) is 5.69 Å². The summed E-state index contributed by atoms with van der Waals surface area (Å²) >= 11 is 0. The van der Waals surface area contributed by atoms with Crippen molar-refractivity contribution in [2.75, 3.05) is 19.8 Å². The van der Waals surface area contributed by atoms with E-state index >= 15 is 0 Å². The number of rotatable bonds is 6. The standard InChI is InChI=1S/C10H17N3O2/c11-3-7-15-8-6-12-4-5-13(10(12)14)9-1-2-9/h4-5,9H,1-3,6-8,11H2. The summed E-state index contributed by atoms with van der Waals surface area (Å²) in [6.45, 7) is 2.24. The maximum Gasteiger partial charge on any atom is 0.328 e. The van der Waals surface area contributed by atoms with E-state index in [0.29, 0.717) is 32.3 Å². The summed E-state index contributed by atoms with van der Waals surface area (Å²) in [6, 6.07) is 0.448. The van der Waals surface area contributed by atoms with Crippen molar-refractivity contribution in [1.82, 2.24) is 9.13 Å². The molecule has 1 heterocycles. The van der Waals surface area contributed by atoms with Crippen LogP contribution in [0.25, 0.3) is 0 Å². The minimum atomic E-state index is 0.0776. The molecule has 2 rings (SSSR count). The minimum Gasteiger partial charge on any atom is -0.378 e. The highest BCUT2D eigenvalue weighted by Crippen LogP contribution is 2.33. The summed E-state index contributed by atoms with van der Waals surface area (Å²) < 4.78 is 8.73. The lowest BCUT2D eigenvalue weighted by molar-refractivity contribution is 0.132. The quantitative estimate of drug-likeness (QED) is 0.672. The van der Waals surface area contributed by atoms with Gasteiger partial charge in [0.2, 0.25) is 0 Å². The first-order valence-electron chi connectivity index (χ1n) is 5.38. The van der Waals surface area contributed by atoms with Gasteiger partial charge >= 0.3 is 5.69 Å². The molecular weight excluding hydrogens is 194 g/mol. The van der Waals surface area contributed by atoms with Crippen LogP contribution in [0.1, 0.15) is 18.9 Å². The molecule has 15 heavy (non-hydrogen) atoms. The lowest BCUT2D eigenvalue weighted by atomic mass is 10.6. The maximum absolute atomic E-state index is 11.8. The van der Waals surface area contributed by atoms with Crippen LogP contribution in [0.15, 0.2) is 17.2 Å². The third kappa shape index (κ3) is 2.49. The number of ether oxygens (including phenoxy) is 1. The number of nitrogens with zero attached hydrogens (tertiary/aromatic N) is 2. The SMILES string of the molecule is NCCOCCn1ccn(C2CC2)c1=O. The first-order chi connectivity index (χ1) is 7.33. The van der Waals surface area contributed by atoms with Crippen molar-refractivity contribution < 1.29 is 4.74 Å². The summed E-state index contributed by atoms with van der Waals surface area (Å²) in [4.78, 5) is 11.8. The molecule has 1 aromatic heterocycles. The molecule has 1 aliphatic carbocycles. The fraction of sp³-hybridized carbons (Fsp3) is 0.700. The minimum absolute atomic E-state index is 0.0776. The molecule has 5 nitrogen and oxygen atoms in total. The summed E-state index contributed by atoms with van der Waals surface area (Å²) in [5.74, 6) is 0. The Bertz CT molecular complexity index is 365. The lowest BCUT2D eigenvalue weighted by Crippen LogP contribution is -2.25. The summed E-state index contributed by atoms with van der Waals surface area (Å²) in [5.41, 5.74) is 5.37. The van der Waals surface area contributed by atoms with Crippen LogP contribution in [0.4, 0.5) is 0 Å². The van der Waals surface area contributed by atoms with Crippen molar-refractivity contribution in [3.63, 3.8) is 0 Å². The summed E-state index contributed by atoms with van der Waals surface area (Å²) in [6.07, 6.45) is 5.95. The highest BCUT2D eigenvalue weighted by atomic mass is 16.5. The molecule has 0 spiro atoms. The fourth-order valence-electron chi connectivity index (χ4n) is 1.58. The molecule has 0 aliphatic heterocycles. The van der Waals surface area contributed by atoms with Crippen LogP contribution in [0, 0.1) is 0 Å². The average Bonchev–Trinajstić information content (AvgIpc) is 3.00. The molecule has 2 N–H and O–H groups in total. The predicted molar refractivity (Wildman–Crippen MR) is 56.8 cm³/mol. The highest BCUT2D eigenvalue weighted by Gasteiger charge is 2.25. The zero-order valence-corrected chi connectivity index (χ0v) is 8.76. The monoisotopic (exact) mass is 211 g/mol. The van der Waals surface area contributed by atoms with Crippen molar-refractivity contribution >= 4 is 0 Å². The topological polar surface area (TPSA) is 62.2 Å². The second-order valence-corrected chi connectivity index (χ2v) is 3.81. The van der Waals surface area contributed by atoms with Crippen molar-refractivity contribution in [1.29, 1.82) is 0 Å². The highest BCUT2D eigenvalue weighted by molar-refractivity contribution is 4.91. The van der Waals surface area contributed by atoms with Gasteiger partial charge in [0.1, 0.15) is 0 Å². The van der Waals surface area contributed by atoms with E-state index in [2.05, 4.69) is 0 Å². The summed E-state index contributed by atoms with van der Waals surface area (Å²) in [7, 11) is 0. The number of nitrogens with two attached hydrogens (primary N) is 1. The van der Waals surface area contributed by atoms with Crippen molar-refractivity contribution in [2.24, 2.45) is 5.73 Å². The zero-order chi connectivity index (χ0) is 10.7. The molecule has 0 atom stereocenters. The van der Waals surface area contributed by atoms with Crippen LogP contribution < -0.4 is 11.4 Å². The van der Waals surface area contributed by atoms with Gasteiger partial charge in [-0.05, 0) is 12.8 Å².